The van der Waals surface area contributed by atoms with E-state index in [4.69, 9.17) is 4.74 Å². The lowest BCUT2D eigenvalue weighted by Gasteiger charge is -2.47. The SMILES string of the molecule is Cc1ccc2c(c1)C1C(CO2)C(c2ccccc2)[C@]2(C)C(=O)N(Cc3ccc(F)cc3)CC(=O)N12. The third-order valence-electron chi connectivity index (χ3n) is 7.89. The summed E-state index contributed by atoms with van der Waals surface area (Å²) in [6.07, 6.45) is 0. The average Bonchev–Trinajstić information content (AvgIpc) is 3.14. The number of carbonyl (C=O) groups excluding carboxylic acids is 2. The molecule has 0 N–H and O–H groups in total. The normalized spacial score (nSPS) is 27.2. The van der Waals surface area contributed by atoms with E-state index in [1.165, 1.54) is 12.1 Å². The summed E-state index contributed by atoms with van der Waals surface area (Å²) in [5.41, 5.74) is 2.81. The zero-order valence-electron chi connectivity index (χ0n) is 19.8. The molecular weight excluding hydrogens is 443 g/mol. The van der Waals surface area contributed by atoms with Crippen molar-refractivity contribution in [2.24, 2.45) is 5.92 Å². The number of halogens is 1. The van der Waals surface area contributed by atoms with Crippen LogP contribution in [0, 0.1) is 18.7 Å². The molecule has 3 unspecified atom stereocenters. The third-order valence-corrected chi connectivity index (χ3v) is 7.89. The number of benzene rings is 3. The Labute approximate surface area is 204 Å². The molecule has 4 atom stereocenters. The van der Waals surface area contributed by atoms with Gasteiger partial charge in [0.15, 0.2) is 0 Å². The van der Waals surface area contributed by atoms with E-state index in [0.717, 1.165) is 28.0 Å². The lowest BCUT2D eigenvalue weighted by molar-refractivity contribution is -0.164. The van der Waals surface area contributed by atoms with Crippen LogP contribution in [0.2, 0.25) is 0 Å². The minimum absolute atomic E-state index is 0.00145. The predicted octanol–water partition coefficient (Wildman–Crippen LogP) is 4.61. The van der Waals surface area contributed by atoms with Crippen LogP contribution >= 0.6 is 0 Å². The lowest BCUT2D eigenvalue weighted by atomic mass is 9.73. The van der Waals surface area contributed by atoms with E-state index in [1.54, 1.807) is 17.0 Å². The number of amides is 2. The molecule has 0 saturated carbocycles. The van der Waals surface area contributed by atoms with Gasteiger partial charge in [0.05, 0.1) is 12.6 Å². The molecule has 2 amide bonds. The minimum Gasteiger partial charge on any atom is -0.493 e. The van der Waals surface area contributed by atoms with Crippen molar-refractivity contribution in [2.45, 2.75) is 37.9 Å². The second-order valence-electron chi connectivity index (χ2n) is 10.0. The Hall–Kier alpha value is -3.67. The van der Waals surface area contributed by atoms with E-state index in [9.17, 15) is 14.0 Å². The van der Waals surface area contributed by atoms with Gasteiger partial charge in [-0.15, -0.1) is 0 Å². The number of aryl methyl sites for hydroxylation is 1. The average molecular weight is 471 g/mol. The quantitative estimate of drug-likeness (QED) is 0.562. The topological polar surface area (TPSA) is 49.9 Å². The first-order valence-electron chi connectivity index (χ1n) is 12.0. The van der Waals surface area contributed by atoms with Crippen LogP contribution in [0.25, 0.3) is 0 Å². The van der Waals surface area contributed by atoms with Crippen molar-refractivity contribution in [3.63, 3.8) is 0 Å². The molecule has 3 aromatic carbocycles. The van der Waals surface area contributed by atoms with Gasteiger partial charge in [-0.2, -0.15) is 0 Å². The van der Waals surface area contributed by atoms with Gasteiger partial charge in [0.1, 0.15) is 23.7 Å². The lowest BCUT2D eigenvalue weighted by Crippen LogP contribution is -2.65. The van der Waals surface area contributed by atoms with Gasteiger partial charge in [0.2, 0.25) is 11.8 Å². The molecule has 0 spiro atoms. The summed E-state index contributed by atoms with van der Waals surface area (Å²) in [4.78, 5) is 31.6. The Bertz CT molecular complexity index is 1310. The molecule has 3 heterocycles. The first-order chi connectivity index (χ1) is 16.9. The van der Waals surface area contributed by atoms with E-state index in [-0.39, 0.29) is 48.6 Å². The number of piperazine rings is 1. The maximum Gasteiger partial charge on any atom is 0.249 e. The van der Waals surface area contributed by atoms with Crippen molar-refractivity contribution in [3.05, 3.63) is 101 Å². The zero-order chi connectivity index (χ0) is 24.3. The molecule has 2 fully saturated rings. The Kier molecular flexibility index (Phi) is 4.95. The highest BCUT2D eigenvalue weighted by molar-refractivity contribution is 6.00. The first-order valence-corrected chi connectivity index (χ1v) is 12.0. The Morgan fingerprint density at radius 2 is 1.77 bits per heavy atom. The van der Waals surface area contributed by atoms with Crippen LogP contribution < -0.4 is 4.74 Å². The monoisotopic (exact) mass is 470 g/mol. The van der Waals surface area contributed by atoms with Gasteiger partial charge in [-0.05, 0) is 43.2 Å². The molecule has 2 saturated heterocycles. The molecule has 3 aliphatic heterocycles. The maximum absolute atomic E-state index is 14.3. The number of rotatable bonds is 3. The Morgan fingerprint density at radius 3 is 2.51 bits per heavy atom. The number of ether oxygens (including phenoxy) is 1. The van der Waals surface area contributed by atoms with Gasteiger partial charge >= 0.3 is 0 Å². The number of hydrogen-bond acceptors (Lipinski definition) is 3. The van der Waals surface area contributed by atoms with E-state index in [2.05, 4.69) is 6.07 Å². The summed E-state index contributed by atoms with van der Waals surface area (Å²) in [7, 11) is 0. The van der Waals surface area contributed by atoms with Gasteiger partial charge in [-0.25, -0.2) is 4.39 Å². The Balaban J connectivity index is 1.48. The van der Waals surface area contributed by atoms with Crippen LogP contribution in [-0.4, -0.2) is 40.3 Å². The molecular formula is C29H27FN2O3. The van der Waals surface area contributed by atoms with Crippen LogP contribution in [-0.2, 0) is 16.1 Å². The molecule has 0 bridgehead atoms. The van der Waals surface area contributed by atoms with Crippen molar-refractivity contribution in [2.75, 3.05) is 13.2 Å². The van der Waals surface area contributed by atoms with Gasteiger partial charge in [-0.3, -0.25) is 9.59 Å². The summed E-state index contributed by atoms with van der Waals surface area (Å²) in [6.45, 7) is 4.64. The molecule has 0 aliphatic carbocycles. The fraction of sp³-hybridized carbons (Fsp3) is 0.310. The van der Waals surface area contributed by atoms with Gasteiger partial charge in [0, 0.05) is 23.9 Å². The molecule has 5 nitrogen and oxygen atoms in total. The second kappa shape index (κ2) is 7.94. The highest BCUT2D eigenvalue weighted by Crippen LogP contribution is 2.59. The van der Waals surface area contributed by atoms with Crippen LogP contribution in [0.4, 0.5) is 4.39 Å². The highest BCUT2D eigenvalue weighted by Gasteiger charge is 2.66. The fourth-order valence-electron chi connectivity index (χ4n) is 6.45. The smallest absolute Gasteiger partial charge is 0.249 e. The van der Waals surface area contributed by atoms with E-state index < -0.39 is 5.54 Å². The highest BCUT2D eigenvalue weighted by atomic mass is 19.1. The van der Waals surface area contributed by atoms with Gasteiger partial charge in [0.25, 0.3) is 0 Å². The van der Waals surface area contributed by atoms with Crippen LogP contribution in [0.15, 0.2) is 72.8 Å². The molecule has 178 valence electrons. The summed E-state index contributed by atoms with van der Waals surface area (Å²) >= 11 is 0. The van der Waals surface area contributed by atoms with Crippen molar-refractivity contribution < 1.29 is 18.7 Å². The minimum atomic E-state index is -1.07. The zero-order valence-corrected chi connectivity index (χ0v) is 19.8. The van der Waals surface area contributed by atoms with Crippen LogP contribution in [0.3, 0.4) is 0 Å². The largest absolute Gasteiger partial charge is 0.493 e. The molecule has 0 aromatic heterocycles. The summed E-state index contributed by atoms with van der Waals surface area (Å²) in [5, 5.41) is 0. The van der Waals surface area contributed by atoms with Crippen LogP contribution in [0.1, 0.15) is 41.1 Å². The number of hydrogen-bond donors (Lipinski definition) is 0. The molecule has 3 aliphatic rings. The summed E-state index contributed by atoms with van der Waals surface area (Å²) < 4.78 is 19.6. The van der Waals surface area contributed by atoms with Crippen molar-refractivity contribution in [1.82, 2.24) is 9.80 Å². The standard InChI is InChI=1S/C29H27FN2O3/c1-18-8-13-24-22(14-18)27-23(17-35-24)26(20-6-4-3-5-7-20)29(2)28(34)31(16-25(33)32(27)29)15-19-9-11-21(30)12-10-19/h3-14,23,26-27H,15-17H2,1-2H3/t23?,26?,27?,29-/m1/s1. The van der Waals surface area contributed by atoms with E-state index in [1.807, 2.05) is 61.2 Å². The second-order valence-corrected chi connectivity index (χ2v) is 10.0. The van der Waals surface area contributed by atoms with Crippen molar-refractivity contribution in [1.29, 1.82) is 0 Å². The molecule has 35 heavy (non-hydrogen) atoms. The number of fused-ring (bicyclic) bond motifs is 5. The van der Waals surface area contributed by atoms with E-state index >= 15 is 0 Å². The predicted molar refractivity (Wildman–Crippen MR) is 129 cm³/mol. The molecule has 6 rings (SSSR count). The van der Waals surface area contributed by atoms with E-state index in [0.29, 0.717) is 6.61 Å². The summed E-state index contributed by atoms with van der Waals surface area (Å²) in [6, 6.07) is 21.9. The van der Waals surface area contributed by atoms with Gasteiger partial charge < -0.3 is 14.5 Å². The molecule has 0 radical (unpaired) electrons. The van der Waals surface area contributed by atoms with Crippen molar-refractivity contribution >= 4 is 11.8 Å². The number of nitrogens with zero attached hydrogens (tertiary/aromatic N) is 2. The van der Waals surface area contributed by atoms with Crippen LogP contribution in [0.5, 0.6) is 5.75 Å². The third kappa shape index (κ3) is 3.27. The fourth-order valence-corrected chi connectivity index (χ4v) is 6.45. The van der Waals surface area contributed by atoms with Gasteiger partial charge in [-0.1, -0.05) is 60.2 Å². The molecule has 6 heteroatoms. The first kappa shape index (κ1) is 21.8. The maximum atomic E-state index is 14.3. The molecule has 3 aromatic rings. The Morgan fingerprint density at radius 1 is 1.03 bits per heavy atom. The van der Waals surface area contributed by atoms with Crippen molar-refractivity contribution in [3.8, 4) is 5.75 Å². The number of carbonyl (C=O) groups is 2. The summed E-state index contributed by atoms with van der Waals surface area (Å²) in [5.74, 6) is 0.00823.